The lowest BCUT2D eigenvalue weighted by molar-refractivity contribution is 0.0616. The Hall–Kier alpha value is -1.62. The Morgan fingerprint density at radius 2 is 1.83 bits per heavy atom. The molecule has 0 spiro atoms. The number of hydrogen-bond donors (Lipinski definition) is 1. The van der Waals surface area contributed by atoms with Crippen LogP contribution in [0, 0.1) is 18.8 Å². The number of aromatic nitrogens is 1. The van der Waals surface area contributed by atoms with Gasteiger partial charge in [-0.15, -0.1) is 0 Å². The monoisotopic (exact) mass is 538 g/mol. The molecule has 2 aliphatic heterocycles. The predicted octanol–water partition coefficient (Wildman–Crippen LogP) is 8.08. The van der Waals surface area contributed by atoms with E-state index >= 15 is 0 Å². The summed E-state index contributed by atoms with van der Waals surface area (Å²) in [5.74, 6) is 2.04. The molecule has 2 saturated heterocycles. The Labute approximate surface area is 220 Å². The summed E-state index contributed by atoms with van der Waals surface area (Å²) in [4.78, 5) is 0. The van der Waals surface area contributed by atoms with Gasteiger partial charge in [0.25, 0.3) is 0 Å². The van der Waals surface area contributed by atoms with Gasteiger partial charge in [0, 0.05) is 47.2 Å². The number of piperidine rings is 1. The molecule has 3 aromatic rings. The first-order valence-corrected chi connectivity index (χ1v) is 14.1. The second-order valence-corrected chi connectivity index (χ2v) is 11.5. The van der Waals surface area contributed by atoms with E-state index < -0.39 is 0 Å². The van der Waals surface area contributed by atoms with Crippen molar-refractivity contribution < 1.29 is 4.74 Å². The predicted molar refractivity (Wildman–Crippen MR) is 152 cm³/mol. The average molecular weight is 540 g/mol. The van der Waals surface area contributed by atoms with Crippen LogP contribution in [0.25, 0.3) is 10.9 Å². The molecule has 0 radical (unpaired) electrons. The summed E-state index contributed by atoms with van der Waals surface area (Å²) in [6.45, 7) is 7.52. The molecule has 35 heavy (non-hydrogen) atoms. The number of rotatable bonds is 8. The zero-order chi connectivity index (χ0) is 23.3. The molecule has 1 unspecified atom stereocenters. The first-order valence-electron chi connectivity index (χ1n) is 13.3. The zero-order valence-corrected chi connectivity index (χ0v) is 22.2. The minimum atomic E-state index is 0. The Balaban J connectivity index is 0.00000289. The van der Waals surface area contributed by atoms with E-state index in [-0.39, 0.29) is 7.43 Å². The first kappa shape index (κ1) is 26.4. The fourth-order valence-corrected chi connectivity index (χ4v) is 6.46. The zero-order valence-electron chi connectivity index (χ0n) is 20.6. The number of ether oxygens (including phenoxy) is 1. The highest BCUT2D eigenvalue weighted by molar-refractivity contribution is 9.10. The van der Waals surface area contributed by atoms with Crippen LogP contribution >= 0.6 is 15.9 Å². The maximum atomic E-state index is 5.63. The molecule has 2 fully saturated rings. The number of aryl methyl sites for hydroxylation is 1. The molecule has 1 N–H and O–H groups in total. The summed E-state index contributed by atoms with van der Waals surface area (Å²) >= 11 is 3.76. The van der Waals surface area contributed by atoms with Crippen molar-refractivity contribution >= 4 is 26.8 Å². The summed E-state index contributed by atoms with van der Waals surface area (Å²) in [6, 6.07) is 16.1. The standard InChI is InChI=1S/C30H39BrN2O.CH4/c1-22-4-2-6-25(18-22)27(7-3-5-23-10-14-32-15-11-23)29-21-33(20-24-12-16-34-17-13-24)30-9-8-26(31)19-28(29)30;/h2,4,6,8-9,18-19,21,23-24,27,32H,3,5,7,10-17,20H2,1H3;1H4. The molecule has 4 heteroatoms. The third kappa shape index (κ3) is 6.58. The smallest absolute Gasteiger partial charge is 0.0484 e. The van der Waals surface area contributed by atoms with Gasteiger partial charge in [0.15, 0.2) is 0 Å². The van der Waals surface area contributed by atoms with Crippen molar-refractivity contribution in [1.29, 1.82) is 0 Å². The van der Waals surface area contributed by atoms with Crippen LogP contribution in [0.2, 0.25) is 0 Å². The van der Waals surface area contributed by atoms with E-state index in [1.165, 1.54) is 90.1 Å². The van der Waals surface area contributed by atoms with E-state index in [1.54, 1.807) is 0 Å². The van der Waals surface area contributed by atoms with E-state index in [4.69, 9.17) is 4.74 Å². The molecule has 3 heterocycles. The lowest BCUT2D eigenvalue weighted by atomic mass is 9.84. The summed E-state index contributed by atoms with van der Waals surface area (Å²) in [6.07, 6.45) is 11.4. The van der Waals surface area contributed by atoms with Crippen molar-refractivity contribution in [3.8, 4) is 0 Å². The Bertz CT molecular complexity index is 1080. The van der Waals surface area contributed by atoms with Crippen LogP contribution in [0.1, 0.15) is 75.0 Å². The van der Waals surface area contributed by atoms with Crippen LogP contribution < -0.4 is 5.32 Å². The van der Waals surface area contributed by atoms with Crippen LogP contribution in [0.15, 0.2) is 53.1 Å². The minimum Gasteiger partial charge on any atom is -0.381 e. The van der Waals surface area contributed by atoms with Crippen LogP contribution in [-0.2, 0) is 11.3 Å². The van der Waals surface area contributed by atoms with Gasteiger partial charge in [0.2, 0.25) is 0 Å². The van der Waals surface area contributed by atoms with Crippen LogP contribution in [-0.4, -0.2) is 30.9 Å². The number of fused-ring (bicyclic) bond motifs is 1. The van der Waals surface area contributed by atoms with Gasteiger partial charge in [-0.2, -0.15) is 0 Å². The quantitative estimate of drug-likeness (QED) is 0.313. The SMILES string of the molecule is C.Cc1cccc(C(CCCC2CCNCC2)c2cn(CC3CCOCC3)c3ccc(Br)cc23)c1. The molecule has 1 aromatic heterocycles. The molecule has 2 aliphatic rings. The summed E-state index contributed by atoms with van der Waals surface area (Å²) in [5, 5.41) is 4.93. The Morgan fingerprint density at radius 1 is 1.03 bits per heavy atom. The van der Waals surface area contributed by atoms with E-state index in [0.29, 0.717) is 11.8 Å². The highest BCUT2D eigenvalue weighted by Crippen LogP contribution is 2.38. The number of nitrogens with one attached hydrogen (secondary N) is 1. The highest BCUT2D eigenvalue weighted by Gasteiger charge is 2.23. The summed E-state index contributed by atoms with van der Waals surface area (Å²) < 4.78 is 9.34. The van der Waals surface area contributed by atoms with Crippen LogP contribution in [0.4, 0.5) is 0 Å². The van der Waals surface area contributed by atoms with Crippen molar-refractivity contribution in [3.05, 3.63) is 69.8 Å². The lowest BCUT2D eigenvalue weighted by Crippen LogP contribution is -2.27. The van der Waals surface area contributed by atoms with Gasteiger partial charge in [-0.3, -0.25) is 0 Å². The van der Waals surface area contributed by atoms with Crippen molar-refractivity contribution in [1.82, 2.24) is 9.88 Å². The van der Waals surface area contributed by atoms with Crippen LogP contribution in [0.5, 0.6) is 0 Å². The second-order valence-electron chi connectivity index (χ2n) is 10.5. The molecule has 0 aliphatic carbocycles. The molecular formula is C31H43BrN2O. The molecule has 3 nitrogen and oxygen atoms in total. The molecule has 5 rings (SSSR count). The number of halogens is 1. The summed E-state index contributed by atoms with van der Waals surface area (Å²) in [7, 11) is 0. The minimum absolute atomic E-state index is 0. The van der Waals surface area contributed by atoms with Gasteiger partial charge in [0.05, 0.1) is 0 Å². The normalized spacial score (nSPS) is 18.5. The van der Waals surface area contributed by atoms with E-state index in [1.807, 2.05) is 0 Å². The molecular weight excluding hydrogens is 496 g/mol. The van der Waals surface area contributed by atoms with Crippen molar-refractivity contribution in [2.45, 2.75) is 71.8 Å². The Morgan fingerprint density at radius 3 is 2.60 bits per heavy atom. The average Bonchev–Trinajstić information content (AvgIpc) is 3.20. The van der Waals surface area contributed by atoms with Crippen LogP contribution in [0.3, 0.4) is 0 Å². The highest BCUT2D eigenvalue weighted by atomic mass is 79.9. The van der Waals surface area contributed by atoms with Gasteiger partial charge >= 0.3 is 0 Å². The largest absolute Gasteiger partial charge is 0.381 e. The molecule has 0 saturated carbocycles. The molecule has 2 aromatic carbocycles. The Kier molecular flexibility index (Phi) is 9.49. The number of hydrogen-bond acceptors (Lipinski definition) is 2. The van der Waals surface area contributed by atoms with E-state index in [0.717, 1.165) is 25.7 Å². The van der Waals surface area contributed by atoms with Crippen molar-refractivity contribution in [2.75, 3.05) is 26.3 Å². The lowest BCUT2D eigenvalue weighted by Gasteiger charge is -2.24. The fourth-order valence-electron chi connectivity index (χ4n) is 6.10. The van der Waals surface area contributed by atoms with Crippen molar-refractivity contribution in [2.24, 2.45) is 11.8 Å². The first-order chi connectivity index (χ1) is 16.7. The van der Waals surface area contributed by atoms with Gasteiger partial charge in [-0.1, -0.05) is 66.0 Å². The summed E-state index contributed by atoms with van der Waals surface area (Å²) in [5.41, 5.74) is 5.70. The number of benzene rings is 2. The topological polar surface area (TPSA) is 26.2 Å². The second kappa shape index (κ2) is 12.6. The molecule has 0 bridgehead atoms. The van der Waals surface area contributed by atoms with E-state index in [9.17, 15) is 0 Å². The number of nitrogens with zero attached hydrogens (tertiary/aromatic N) is 1. The third-order valence-electron chi connectivity index (χ3n) is 8.05. The third-order valence-corrected chi connectivity index (χ3v) is 8.55. The molecule has 1 atom stereocenters. The fraction of sp³-hybridized carbons (Fsp3) is 0.548. The van der Waals surface area contributed by atoms with Gasteiger partial charge < -0.3 is 14.6 Å². The molecule has 0 amide bonds. The van der Waals surface area contributed by atoms with E-state index in [2.05, 4.69) is 81.4 Å². The van der Waals surface area contributed by atoms with Gasteiger partial charge in [-0.05, 0) is 93.3 Å². The van der Waals surface area contributed by atoms with Gasteiger partial charge in [0.1, 0.15) is 0 Å². The molecule has 190 valence electrons. The maximum absolute atomic E-state index is 5.63. The van der Waals surface area contributed by atoms with Gasteiger partial charge in [-0.25, -0.2) is 0 Å². The maximum Gasteiger partial charge on any atom is 0.0484 e. The van der Waals surface area contributed by atoms with Crippen molar-refractivity contribution in [3.63, 3.8) is 0 Å².